The first-order valence-electron chi connectivity index (χ1n) is 8.15. The molecule has 0 amide bonds. The van der Waals surface area contributed by atoms with Gasteiger partial charge in [-0.1, -0.05) is 44.2 Å². The SMILES string of the molecule is C=c1c2c(nc(=O)n1C)N(CC)N=C(c1ccc(CCC)cc1)N=2. The van der Waals surface area contributed by atoms with Crippen molar-refractivity contribution in [3.8, 4) is 0 Å². The molecule has 0 fully saturated rings. The van der Waals surface area contributed by atoms with Gasteiger partial charge in [0.2, 0.25) is 0 Å². The predicted molar refractivity (Wildman–Crippen MR) is 95.8 cm³/mol. The second kappa shape index (κ2) is 6.39. The van der Waals surface area contributed by atoms with Crippen molar-refractivity contribution in [2.45, 2.75) is 26.7 Å². The molecule has 0 bridgehead atoms. The van der Waals surface area contributed by atoms with Gasteiger partial charge in [0.1, 0.15) is 5.36 Å². The fraction of sp³-hybridized carbons (Fsp3) is 0.333. The zero-order valence-corrected chi connectivity index (χ0v) is 14.3. The number of aromatic nitrogens is 2. The van der Waals surface area contributed by atoms with E-state index >= 15 is 0 Å². The molecule has 0 radical (unpaired) electrons. The predicted octanol–water partition coefficient (Wildman–Crippen LogP) is 0.964. The van der Waals surface area contributed by atoms with Gasteiger partial charge in [0.25, 0.3) is 0 Å². The van der Waals surface area contributed by atoms with Crippen molar-refractivity contribution in [2.24, 2.45) is 17.1 Å². The molecule has 2 heterocycles. The molecule has 0 saturated heterocycles. The molecule has 0 spiro atoms. The van der Waals surface area contributed by atoms with Gasteiger partial charge >= 0.3 is 5.69 Å². The number of fused-ring (bicyclic) bond motifs is 1. The second-order valence-electron chi connectivity index (χ2n) is 5.77. The third kappa shape index (κ3) is 2.75. The molecular weight excluding hydrogens is 302 g/mol. The van der Waals surface area contributed by atoms with Crippen molar-refractivity contribution < 1.29 is 0 Å². The van der Waals surface area contributed by atoms with E-state index in [9.17, 15) is 4.79 Å². The molecule has 1 aliphatic heterocycles. The molecule has 3 rings (SSSR count). The summed E-state index contributed by atoms with van der Waals surface area (Å²) in [4.78, 5) is 20.6. The van der Waals surface area contributed by atoms with Crippen LogP contribution in [0.25, 0.3) is 6.58 Å². The molecule has 0 aliphatic carbocycles. The summed E-state index contributed by atoms with van der Waals surface area (Å²) in [6.45, 7) is 8.70. The molecule has 0 saturated carbocycles. The zero-order chi connectivity index (χ0) is 17.3. The van der Waals surface area contributed by atoms with Gasteiger partial charge < -0.3 is 0 Å². The van der Waals surface area contributed by atoms with Crippen molar-refractivity contribution in [3.63, 3.8) is 0 Å². The van der Waals surface area contributed by atoms with E-state index in [2.05, 4.69) is 40.7 Å². The average molecular weight is 323 g/mol. The highest BCUT2D eigenvalue weighted by Gasteiger charge is 2.18. The van der Waals surface area contributed by atoms with Gasteiger partial charge in [-0.25, -0.2) is 14.8 Å². The van der Waals surface area contributed by atoms with Crippen molar-refractivity contribution in [1.82, 2.24) is 9.55 Å². The van der Waals surface area contributed by atoms with Crippen LogP contribution < -0.4 is 21.4 Å². The average Bonchev–Trinajstić information content (AvgIpc) is 2.60. The summed E-state index contributed by atoms with van der Waals surface area (Å²) in [5.41, 5.74) is 1.88. The number of aryl methyl sites for hydroxylation is 1. The Bertz CT molecular complexity index is 957. The molecule has 0 atom stereocenters. The summed E-state index contributed by atoms with van der Waals surface area (Å²) in [6.07, 6.45) is 2.18. The third-order valence-electron chi connectivity index (χ3n) is 4.11. The molecule has 6 heteroatoms. The summed E-state index contributed by atoms with van der Waals surface area (Å²) in [6, 6.07) is 8.27. The largest absolute Gasteiger partial charge is 0.349 e. The Morgan fingerprint density at radius 3 is 2.50 bits per heavy atom. The number of rotatable bonds is 4. The lowest BCUT2D eigenvalue weighted by molar-refractivity contribution is 0.737. The molecule has 24 heavy (non-hydrogen) atoms. The van der Waals surface area contributed by atoms with Crippen LogP contribution in [0.3, 0.4) is 0 Å². The monoisotopic (exact) mass is 323 g/mol. The van der Waals surface area contributed by atoms with Gasteiger partial charge in [0.05, 0.1) is 5.35 Å². The number of benzene rings is 1. The molecule has 1 aromatic carbocycles. The van der Waals surface area contributed by atoms with Crippen LogP contribution in [0.15, 0.2) is 39.2 Å². The first kappa shape index (κ1) is 16.1. The zero-order valence-electron chi connectivity index (χ0n) is 14.3. The molecule has 2 aromatic rings. The van der Waals surface area contributed by atoms with Crippen molar-refractivity contribution >= 4 is 18.2 Å². The third-order valence-corrected chi connectivity index (χ3v) is 4.11. The lowest BCUT2D eigenvalue weighted by atomic mass is 10.1. The second-order valence-corrected chi connectivity index (χ2v) is 5.77. The van der Waals surface area contributed by atoms with Crippen LogP contribution in [0.1, 0.15) is 31.4 Å². The highest BCUT2D eigenvalue weighted by atomic mass is 16.1. The topological polar surface area (TPSA) is 62.9 Å². The van der Waals surface area contributed by atoms with Gasteiger partial charge in [-0.05, 0) is 18.9 Å². The Hall–Kier alpha value is -2.76. The molecule has 6 nitrogen and oxygen atoms in total. The van der Waals surface area contributed by atoms with Crippen LogP contribution in [0.2, 0.25) is 0 Å². The van der Waals surface area contributed by atoms with E-state index < -0.39 is 0 Å². The maximum absolute atomic E-state index is 11.9. The lowest BCUT2D eigenvalue weighted by Crippen LogP contribution is -2.48. The summed E-state index contributed by atoms with van der Waals surface area (Å²) in [7, 11) is 1.65. The number of amidine groups is 1. The number of hydrogen-bond donors (Lipinski definition) is 0. The fourth-order valence-corrected chi connectivity index (χ4v) is 2.66. The minimum atomic E-state index is -0.352. The Morgan fingerprint density at radius 2 is 1.88 bits per heavy atom. The van der Waals surface area contributed by atoms with E-state index in [0.717, 1.165) is 18.4 Å². The highest BCUT2D eigenvalue weighted by Crippen LogP contribution is 2.13. The van der Waals surface area contributed by atoms with E-state index in [1.54, 1.807) is 12.1 Å². The summed E-state index contributed by atoms with van der Waals surface area (Å²) in [5, 5.41) is 7.39. The minimum absolute atomic E-state index is 0.352. The molecule has 1 aromatic heterocycles. The van der Waals surface area contributed by atoms with Gasteiger partial charge in [-0.2, -0.15) is 10.1 Å². The standard InChI is InChI=1S/C18H21N5O/c1-5-7-13-8-10-14(11-9-13)16-19-15-12(3)22(4)18(24)20-17(15)23(6-2)21-16/h8-11H,3,5-7H2,1-2,4H3. The molecular formula is C18H21N5O. The maximum atomic E-state index is 11.9. The van der Waals surface area contributed by atoms with Crippen LogP contribution in [0.5, 0.6) is 0 Å². The van der Waals surface area contributed by atoms with Crippen molar-refractivity contribution in [3.05, 3.63) is 56.6 Å². The normalized spacial score (nSPS) is 13.3. The van der Waals surface area contributed by atoms with Crippen LogP contribution in [0, 0.1) is 0 Å². The van der Waals surface area contributed by atoms with Gasteiger partial charge in [0, 0.05) is 19.2 Å². The lowest BCUT2D eigenvalue weighted by Gasteiger charge is -2.21. The Kier molecular flexibility index (Phi) is 4.29. The quantitative estimate of drug-likeness (QED) is 0.842. The van der Waals surface area contributed by atoms with E-state index in [0.29, 0.717) is 28.9 Å². The maximum Gasteiger partial charge on any atom is 0.349 e. The summed E-state index contributed by atoms with van der Waals surface area (Å²) >= 11 is 0. The smallest absolute Gasteiger partial charge is 0.294 e. The van der Waals surface area contributed by atoms with E-state index in [1.807, 2.05) is 19.1 Å². The summed E-state index contributed by atoms with van der Waals surface area (Å²) in [5.74, 6) is 1.08. The first-order valence-corrected chi connectivity index (χ1v) is 8.15. The van der Waals surface area contributed by atoms with E-state index in [1.165, 1.54) is 10.1 Å². The molecule has 124 valence electrons. The van der Waals surface area contributed by atoms with E-state index in [-0.39, 0.29) is 5.69 Å². The summed E-state index contributed by atoms with van der Waals surface area (Å²) < 4.78 is 1.41. The van der Waals surface area contributed by atoms with Crippen LogP contribution >= 0.6 is 0 Å². The number of hydrazone groups is 1. The minimum Gasteiger partial charge on any atom is -0.294 e. The number of anilines is 1. The van der Waals surface area contributed by atoms with Crippen molar-refractivity contribution in [2.75, 3.05) is 11.6 Å². The molecule has 0 N–H and O–H groups in total. The fourth-order valence-electron chi connectivity index (χ4n) is 2.66. The Balaban J connectivity index is 2.14. The van der Waals surface area contributed by atoms with Crippen LogP contribution in [0.4, 0.5) is 5.82 Å². The molecule has 1 aliphatic rings. The molecule has 0 unspecified atom stereocenters. The van der Waals surface area contributed by atoms with Crippen LogP contribution in [-0.4, -0.2) is 21.9 Å². The van der Waals surface area contributed by atoms with Gasteiger partial charge in [0.15, 0.2) is 11.7 Å². The van der Waals surface area contributed by atoms with Crippen molar-refractivity contribution in [1.29, 1.82) is 0 Å². The van der Waals surface area contributed by atoms with Gasteiger partial charge in [-0.15, -0.1) is 0 Å². The Morgan fingerprint density at radius 1 is 1.17 bits per heavy atom. The number of hydrogen-bond acceptors (Lipinski definition) is 5. The highest BCUT2D eigenvalue weighted by molar-refractivity contribution is 6.00. The van der Waals surface area contributed by atoms with Crippen LogP contribution in [-0.2, 0) is 13.5 Å². The number of nitrogens with zero attached hydrogens (tertiary/aromatic N) is 5. The Labute approximate surface area is 140 Å². The van der Waals surface area contributed by atoms with E-state index in [4.69, 9.17) is 0 Å². The van der Waals surface area contributed by atoms with Gasteiger partial charge in [-0.3, -0.25) is 4.57 Å². The first-order chi connectivity index (χ1) is 11.5.